The van der Waals surface area contributed by atoms with E-state index in [4.69, 9.17) is 5.73 Å². The van der Waals surface area contributed by atoms with Gasteiger partial charge >= 0.3 is 0 Å². The third-order valence-electron chi connectivity index (χ3n) is 2.64. The summed E-state index contributed by atoms with van der Waals surface area (Å²) >= 11 is 4.43. The Morgan fingerprint density at radius 3 is 2.71 bits per heavy atom. The summed E-state index contributed by atoms with van der Waals surface area (Å²) in [4.78, 5) is 13.2. The van der Waals surface area contributed by atoms with Gasteiger partial charge in [0, 0.05) is 18.3 Å². The number of hydrogen-bond donors (Lipinski definition) is 2. The Bertz CT molecular complexity index is 468. The Morgan fingerprint density at radius 1 is 1.35 bits per heavy atom. The van der Waals surface area contributed by atoms with Crippen molar-refractivity contribution in [1.82, 2.24) is 4.90 Å². The molecule has 0 aliphatic carbocycles. The monoisotopic (exact) mass is 246 g/mol. The summed E-state index contributed by atoms with van der Waals surface area (Å²) in [6, 6.07) is 10.0. The van der Waals surface area contributed by atoms with E-state index in [2.05, 4.69) is 12.6 Å². The van der Waals surface area contributed by atoms with Crippen LogP contribution < -0.4 is 5.73 Å². The van der Waals surface area contributed by atoms with Crippen molar-refractivity contribution in [3.05, 3.63) is 59.8 Å². The number of allylic oxidation sites excluding steroid dienone is 2. The summed E-state index contributed by atoms with van der Waals surface area (Å²) in [7, 11) is 0. The van der Waals surface area contributed by atoms with Gasteiger partial charge in [0.05, 0.1) is 0 Å². The van der Waals surface area contributed by atoms with Crippen molar-refractivity contribution in [1.29, 1.82) is 0 Å². The van der Waals surface area contributed by atoms with Gasteiger partial charge in [-0.15, -0.1) is 12.6 Å². The number of carbonyl (C=O) groups is 1. The van der Waals surface area contributed by atoms with Crippen LogP contribution in [0.15, 0.2) is 54.3 Å². The van der Waals surface area contributed by atoms with Crippen molar-refractivity contribution < 1.29 is 4.79 Å². The van der Waals surface area contributed by atoms with Crippen LogP contribution in [0.2, 0.25) is 0 Å². The lowest BCUT2D eigenvalue weighted by Gasteiger charge is -2.30. The van der Waals surface area contributed by atoms with Gasteiger partial charge in [0.2, 0.25) is 5.91 Å². The number of nitrogens with two attached hydrogens (primary N) is 1. The van der Waals surface area contributed by atoms with Crippen molar-refractivity contribution in [2.24, 2.45) is 5.73 Å². The second kappa shape index (κ2) is 5.10. The zero-order chi connectivity index (χ0) is 12.3. The quantitative estimate of drug-likeness (QED) is 0.797. The molecular formula is C13H14N2OS. The first-order chi connectivity index (χ1) is 8.18. The van der Waals surface area contributed by atoms with Gasteiger partial charge in [0.15, 0.2) is 0 Å². The molecule has 1 aliphatic heterocycles. The van der Waals surface area contributed by atoms with E-state index in [0.717, 1.165) is 0 Å². The second-order valence-corrected chi connectivity index (χ2v) is 4.35. The lowest BCUT2D eigenvalue weighted by atomic mass is 10.1. The minimum atomic E-state index is -0.424. The van der Waals surface area contributed by atoms with Gasteiger partial charge in [-0.1, -0.05) is 30.3 Å². The van der Waals surface area contributed by atoms with E-state index in [1.807, 2.05) is 47.5 Å². The van der Waals surface area contributed by atoms with E-state index in [9.17, 15) is 4.79 Å². The second-order valence-electron chi connectivity index (χ2n) is 3.86. The summed E-state index contributed by atoms with van der Waals surface area (Å²) in [6.07, 6.45) is 5.44. The normalized spacial score (nSPS) is 19.0. The van der Waals surface area contributed by atoms with E-state index in [0.29, 0.717) is 12.1 Å². The topological polar surface area (TPSA) is 46.3 Å². The van der Waals surface area contributed by atoms with E-state index in [1.54, 1.807) is 6.08 Å². The van der Waals surface area contributed by atoms with Crippen LogP contribution >= 0.6 is 12.6 Å². The molecule has 1 atom stereocenters. The molecule has 1 aromatic carbocycles. The summed E-state index contributed by atoms with van der Waals surface area (Å²) < 4.78 is 0. The Balaban J connectivity index is 2.12. The van der Waals surface area contributed by atoms with Gasteiger partial charge in [-0.25, -0.2) is 0 Å². The molecule has 2 rings (SSSR count). The average molecular weight is 246 g/mol. The third kappa shape index (κ3) is 2.71. The third-order valence-corrected chi connectivity index (χ3v) is 3.21. The maximum Gasteiger partial charge on any atom is 0.247 e. The maximum atomic E-state index is 11.2. The number of rotatable bonds is 3. The molecule has 2 N–H and O–H groups in total. The highest BCUT2D eigenvalue weighted by atomic mass is 32.1. The molecule has 0 fully saturated rings. The largest absolute Gasteiger partial charge is 0.366 e. The fraction of sp³-hybridized carbons (Fsp3) is 0.154. The Labute approximate surface area is 106 Å². The Hall–Kier alpha value is -1.68. The zero-order valence-corrected chi connectivity index (χ0v) is 10.2. The van der Waals surface area contributed by atoms with Crippen LogP contribution in [0.4, 0.5) is 0 Å². The fourth-order valence-electron chi connectivity index (χ4n) is 1.75. The number of primary amides is 1. The van der Waals surface area contributed by atoms with Gasteiger partial charge in [-0.3, -0.25) is 4.79 Å². The van der Waals surface area contributed by atoms with Crippen molar-refractivity contribution in [2.75, 3.05) is 0 Å². The molecule has 0 saturated heterocycles. The number of nitrogens with zero attached hydrogens (tertiary/aromatic N) is 1. The van der Waals surface area contributed by atoms with Gasteiger partial charge < -0.3 is 10.6 Å². The molecule has 4 heteroatoms. The molecule has 17 heavy (non-hydrogen) atoms. The first-order valence-corrected chi connectivity index (χ1v) is 5.86. The molecule has 1 aromatic rings. The van der Waals surface area contributed by atoms with Crippen LogP contribution in [0.25, 0.3) is 0 Å². The van der Waals surface area contributed by atoms with Gasteiger partial charge in [-0.2, -0.15) is 0 Å². The number of hydrogen-bond acceptors (Lipinski definition) is 3. The molecular weight excluding hydrogens is 232 g/mol. The molecule has 0 aromatic heterocycles. The lowest BCUT2D eigenvalue weighted by Crippen LogP contribution is -2.34. The van der Waals surface area contributed by atoms with Gasteiger partial charge in [0.1, 0.15) is 5.37 Å². The van der Waals surface area contributed by atoms with Crippen molar-refractivity contribution in [3.63, 3.8) is 0 Å². The Morgan fingerprint density at radius 2 is 2.06 bits per heavy atom. The van der Waals surface area contributed by atoms with Crippen LogP contribution in [0.3, 0.4) is 0 Å². The summed E-state index contributed by atoms with van der Waals surface area (Å²) in [6.45, 7) is 0.704. The molecule has 1 amide bonds. The SMILES string of the molecule is NC(=O)C1=CC=CN(Cc2ccccc2)C1S. The van der Waals surface area contributed by atoms with Crippen LogP contribution in [-0.4, -0.2) is 16.2 Å². The van der Waals surface area contributed by atoms with Crippen LogP contribution in [0, 0.1) is 0 Å². The molecule has 88 valence electrons. The fourth-order valence-corrected chi connectivity index (χ4v) is 2.12. The first kappa shape index (κ1) is 11.8. The number of thiol groups is 1. The lowest BCUT2D eigenvalue weighted by molar-refractivity contribution is -0.114. The molecule has 0 bridgehead atoms. The van der Waals surface area contributed by atoms with Crippen LogP contribution in [-0.2, 0) is 11.3 Å². The van der Waals surface area contributed by atoms with Crippen molar-refractivity contribution in [3.8, 4) is 0 Å². The van der Waals surface area contributed by atoms with E-state index in [1.165, 1.54) is 5.56 Å². The predicted molar refractivity (Wildman–Crippen MR) is 71.2 cm³/mol. The minimum absolute atomic E-state index is 0.280. The maximum absolute atomic E-state index is 11.2. The molecule has 0 radical (unpaired) electrons. The number of amides is 1. The van der Waals surface area contributed by atoms with Gasteiger partial charge in [0.25, 0.3) is 0 Å². The number of carbonyl (C=O) groups excluding carboxylic acids is 1. The van der Waals surface area contributed by atoms with Crippen molar-refractivity contribution in [2.45, 2.75) is 11.9 Å². The van der Waals surface area contributed by atoms with Gasteiger partial charge in [-0.05, 0) is 17.7 Å². The predicted octanol–water partition coefficient (Wildman–Crippen LogP) is 1.68. The minimum Gasteiger partial charge on any atom is -0.366 e. The highest BCUT2D eigenvalue weighted by Crippen LogP contribution is 2.21. The zero-order valence-electron chi connectivity index (χ0n) is 9.28. The highest BCUT2D eigenvalue weighted by Gasteiger charge is 2.22. The van der Waals surface area contributed by atoms with Crippen LogP contribution in [0.1, 0.15) is 5.56 Å². The average Bonchev–Trinajstić information content (AvgIpc) is 2.33. The van der Waals surface area contributed by atoms with E-state index >= 15 is 0 Å². The Kier molecular flexibility index (Phi) is 3.54. The molecule has 0 spiro atoms. The first-order valence-electron chi connectivity index (χ1n) is 5.34. The summed E-state index contributed by atoms with van der Waals surface area (Å²) in [5, 5.41) is -0.280. The molecule has 1 aliphatic rings. The molecule has 1 unspecified atom stereocenters. The smallest absolute Gasteiger partial charge is 0.247 e. The standard InChI is InChI=1S/C13H14N2OS/c14-12(16)11-7-4-8-15(13(11)17)9-10-5-2-1-3-6-10/h1-8,13,17H,9H2,(H2,14,16). The summed E-state index contributed by atoms with van der Waals surface area (Å²) in [5.41, 5.74) is 6.99. The molecule has 1 heterocycles. The van der Waals surface area contributed by atoms with Crippen molar-refractivity contribution >= 4 is 18.5 Å². The highest BCUT2D eigenvalue weighted by molar-refractivity contribution is 7.81. The molecule has 0 saturated carbocycles. The van der Waals surface area contributed by atoms with Crippen LogP contribution in [0.5, 0.6) is 0 Å². The number of benzene rings is 1. The van der Waals surface area contributed by atoms with E-state index in [-0.39, 0.29) is 5.37 Å². The summed E-state index contributed by atoms with van der Waals surface area (Å²) in [5.74, 6) is -0.424. The van der Waals surface area contributed by atoms with E-state index < -0.39 is 5.91 Å². The molecule has 3 nitrogen and oxygen atoms in total.